The Hall–Kier alpha value is -4.90. The van der Waals surface area contributed by atoms with E-state index in [0.717, 1.165) is 21.7 Å². The molecule has 0 bridgehead atoms. The highest BCUT2D eigenvalue weighted by molar-refractivity contribution is 6.10. The van der Waals surface area contributed by atoms with Crippen molar-refractivity contribution in [1.82, 2.24) is 0 Å². The predicted octanol–water partition coefficient (Wildman–Crippen LogP) is 7.44. The van der Waals surface area contributed by atoms with Crippen LogP contribution in [0.5, 0.6) is 0 Å². The van der Waals surface area contributed by atoms with E-state index in [0.29, 0.717) is 50.2 Å². The topological polar surface area (TPSA) is 73.6 Å². The van der Waals surface area contributed by atoms with Gasteiger partial charge in [0.1, 0.15) is 28.3 Å². The number of rotatable bonds is 2. The van der Waals surface area contributed by atoms with Crippen LogP contribution in [0.1, 0.15) is 5.76 Å². The van der Waals surface area contributed by atoms with Crippen molar-refractivity contribution in [2.24, 2.45) is 0 Å². The molecule has 0 fully saturated rings. The summed E-state index contributed by atoms with van der Waals surface area (Å²) in [4.78, 5) is 26.0. The SMILES string of the molecule is Cc1oc2c(ccc3oc(-c4cc(=O)oc5c4ccc4ccccc45)cc32)c(=O)c1-c1ccccc1. The molecule has 0 atom stereocenters. The molecule has 7 aromatic rings. The molecule has 0 saturated heterocycles. The summed E-state index contributed by atoms with van der Waals surface area (Å²) in [5.41, 5.74) is 2.96. The summed E-state index contributed by atoms with van der Waals surface area (Å²) < 4.78 is 18.0. The fourth-order valence-electron chi connectivity index (χ4n) is 5.04. The quantitative estimate of drug-likeness (QED) is 0.194. The normalized spacial score (nSPS) is 11.7. The van der Waals surface area contributed by atoms with Crippen LogP contribution in [0.15, 0.2) is 114 Å². The molecule has 0 aliphatic carbocycles. The van der Waals surface area contributed by atoms with E-state index in [4.69, 9.17) is 13.3 Å². The summed E-state index contributed by atoms with van der Waals surface area (Å²) in [6.07, 6.45) is 0. The van der Waals surface area contributed by atoms with E-state index in [1.165, 1.54) is 6.07 Å². The first-order valence-electron chi connectivity index (χ1n) is 11.6. The van der Waals surface area contributed by atoms with Gasteiger partial charge < -0.3 is 13.3 Å². The van der Waals surface area contributed by atoms with Gasteiger partial charge in [0.25, 0.3) is 0 Å². The molecule has 0 saturated carbocycles. The van der Waals surface area contributed by atoms with Gasteiger partial charge in [0.05, 0.1) is 16.3 Å². The Labute approximate surface area is 203 Å². The number of furan rings is 1. The standard InChI is InChI=1S/C31H18O5/c1-17-28(19-8-3-2-4-9-19)29(33)22-13-14-25-24(31(22)34-17)15-26(35-25)23-16-27(32)36-30-20-10-6-5-7-18(20)11-12-21(23)30/h2-16H,1H3. The molecular weight excluding hydrogens is 452 g/mol. The van der Waals surface area contributed by atoms with E-state index < -0.39 is 5.63 Å². The third-order valence-electron chi connectivity index (χ3n) is 6.69. The Bertz CT molecular complexity index is 2090. The van der Waals surface area contributed by atoms with Gasteiger partial charge in [-0.25, -0.2) is 4.79 Å². The lowest BCUT2D eigenvalue weighted by molar-refractivity contribution is 0.562. The number of fused-ring (bicyclic) bond motifs is 6. The molecule has 0 aliphatic heterocycles. The highest BCUT2D eigenvalue weighted by Crippen LogP contribution is 2.37. The van der Waals surface area contributed by atoms with E-state index >= 15 is 0 Å². The van der Waals surface area contributed by atoms with E-state index in [9.17, 15) is 9.59 Å². The van der Waals surface area contributed by atoms with Crippen molar-refractivity contribution in [3.8, 4) is 22.5 Å². The second kappa shape index (κ2) is 7.55. The summed E-state index contributed by atoms with van der Waals surface area (Å²) >= 11 is 0. The van der Waals surface area contributed by atoms with Crippen LogP contribution in [0.2, 0.25) is 0 Å². The van der Waals surface area contributed by atoms with Crippen LogP contribution in [-0.4, -0.2) is 0 Å². The number of hydrogen-bond donors (Lipinski definition) is 0. The van der Waals surface area contributed by atoms with Gasteiger partial charge in [-0.1, -0.05) is 60.7 Å². The molecule has 0 radical (unpaired) electrons. The van der Waals surface area contributed by atoms with Crippen molar-refractivity contribution in [2.45, 2.75) is 6.92 Å². The van der Waals surface area contributed by atoms with Crippen LogP contribution < -0.4 is 11.1 Å². The first-order chi connectivity index (χ1) is 17.6. The largest absolute Gasteiger partial charge is 0.460 e. The van der Waals surface area contributed by atoms with Gasteiger partial charge in [0.15, 0.2) is 0 Å². The van der Waals surface area contributed by atoms with E-state index in [1.54, 1.807) is 19.1 Å². The minimum Gasteiger partial charge on any atom is -0.460 e. The van der Waals surface area contributed by atoms with Crippen molar-refractivity contribution in [3.05, 3.63) is 117 Å². The smallest absolute Gasteiger partial charge is 0.336 e. The Morgan fingerprint density at radius 2 is 1.36 bits per heavy atom. The third kappa shape index (κ3) is 2.96. The van der Waals surface area contributed by atoms with Gasteiger partial charge in [0, 0.05) is 22.4 Å². The molecule has 0 spiro atoms. The van der Waals surface area contributed by atoms with Gasteiger partial charge in [-0.05, 0) is 42.1 Å². The summed E-state index contributed by atoms with van der Waals surface area (Å²) in [5.74, 6) is 1.03. The Kier molecular flexibility index (Phi) is 4.29. The average Bonchev–Trinajstić information content (AvgIpc) is 3.34. The van der Waals surface area contributed by atoms with Crippen LogP contribution in [0.25, 0.3) is 66.1 Å². The minimum absolute atomic E-state index is 0.0955. The maximum atomic E-state index is 13.5. The maximum absolute atomic E-state index is 13.5. The Balaban J connectivity index is 1.50. The number of aryl methyl sites for hydroxylation is 1. The molecule has 36 heavy (non-hydrogen) atoms. The van der Waals surface area contributed by atoms with Gasteiger partial charge in [0.2, 0.25) is 5.43 Å². The van der Waals surface area contributed by atoms with E-state index in [-0.39, 0.29) is 5.43 Å². The van der Waals surface area contributed by atoms with Crippen molar-refractivity contribution in [2.75, 3.05) is 0 Å². The lowest BCUT2D eigenvalue weighted by atomic mass is 10.0. The van der Waals surface area contributed by atoms with Crippen LogP contribution in [0.3, 0.4) is 0 Å². The predicted molar refractivity (Wildman–Crippen MR) is 141 cm³/mol. The first kappa shape index (κ1) is 20.5. The van der Waals surface area contributed by atoms with Gasteiger partial charge in [-0.3, -0.25) is 4.79 Å². The summed E-state index contributed by atoms with van der Waals surface area (Å²) in [7, 11) is 0. The van der Waals surface area contributed by atoms with Gasteiger partial charge in [-0.15, -0.1) is 0 Å². The lowest BCUT2D eigenvalue weighted by Crippen LogP contribution is -2.07. The number of benzene rings is 4. The molecule has 0 aliphatic rings. The fraction of sp³-hybridized carbons (Fsp3) is 0.0323. The molecule has 3 aromatic heterocycles. The molecule has 5 heteroatoms. The monoisotopic (exact) mass is 470 g/mol. The Morgan fingerprint density at radius 3 is 2.22 bits per heavy atom. The van der Waals surface area contributed by atoms with Crippen molar-refractivity contribution < 1.29 is 13.3 Å². The zero-order valence-corrected chi connectivity index (χ0v) is 19.2. The molecule has 5 nitrogen and oxygen atoms in total. The van der Waals surface area contributed by atoms with Gasteiger partial charge >= 0.3 is 5.63 Å². The fourth-order valence-corrected chi connectivity index (χ4v) is 5.04. The summed E-state index contributed by atoms with van der Waals surface area (Å²) in [6, 6.07) is 27.9. The summed E-state index contributed by atoms with van der Waals surface area (Å²) in [5, 5.41) is 3.74. The second-order valence-corrected chi connectivity index (χ2v) is 8.84. The molecule has 0 unspecified atom stereocenters. The maximum Gasteiger partial charge on any atom is 0.336 e. The molecular formula is C31H18O5. The minimum atomic E-state index is -0.464. The molecule has 7 rings (SSSR count). The van der Waals surface area contributed by atoms with Crippen LogP contribution in [-0.2, 0) is 0 Å². The van der Waals surface area contributed by atoms with Crippen molar-refractivity contribution in [1.29, 1.82) is 0 Å². The van der Waals surface area contributed by atoms with Crippen molar-refractivity contribution in [3.63, 3.8) is 0 Å². The Morgan fingerprint density at radius 1 is 0.611 bits per heavy atom. The number of hydrogen-bond acceptors (Lipinski definition) is 5. The third-order valence-corrected chi connectivity index (χ3v) is 6.69. The molecule has 172 valence electrons. The van der Waals surface area contributed by atoms with Crippen LogP contribution in [0.4, 0.5) is 0 Å². The lowest BCUT2D eigenvalue weighted by Gasteiger charge is -2.07. The molecule has 0 amide bonds. The van der Waals surface area contributed by atoms with E-state index in [1.807, 2.05) is 72.8 Å². The first-order valence-corrected chi connectivity index (χ1v) is 11.6. The van der Waals surface area contributed by atoms with E-state index in [2.05, 4.69) is 0 Å². The zero-order valence-electron chi connectivity index (χ0n) is 19.2. The zero-order chi connectivity index (χ0) is 24.4. The summed E-state index contributed by atoms with van der Waals surface area (Å²) in [6.45, 7) is 1.80. The van der Waals surface area contributed by atoms with Crippen LogP contribution in [0, 0.1) is 6.92 Å². The highest BCUT2D eigenvalue weighted by atomic mass is 16.4. The van der Waals surface area contributed by atoms with Crippen LogP contribution >= 0.6 is 0 Å². The van der Waals surface area contributed by atoms with Crippen molar-refractivity contribution >= 4 is 43.7 Å². The average molecular weight is 470 g/mol. The highest BCUT2D eigenvalue weighted by Gasteiger charge is 2.19. The van der Waals surface area contributed by atoms with Gasteiger partial charge in [-0.2, -0.15) is 0 Å². The molecule has 3 heterocycles. The second-order valence-electron chi connectivity index (χ2n) is 8.84. The molecule has 0 N–H and O–H groups in total. The molecule has 4 aromatic carbocycles.